The Morgan fingerprint density at radius 2 is 1.77 bits per heavy atom. The van der Waals surface area contributed by atoms with Crippen molar-refractivity contribution in [3.8, 4) is 5.75 Å². The molecule has 0 saturated heterocycles. The lowest BCUT2D eigenvalue weighted by Crippen LogP contribution is -2.36. The van der Waals surface area contributed by atoms with Crippen molar-refractivity contribution in [1.29, 1.82) is 0 Å². The Hall–Kier alpha value is -2.71. The van der Waals surface area contributed by atoms with Crippen LogP contribution in [0.2, 0.25) is 0 Å². The van der Waals surface area contributed by atoms with E-state index in [0.29, 0.717) is 29.3 Å². The molecule has 0 unspecified atom stereocenters. The highest BCUT2D eigenvalue weighted by Crippen LogP contribution is 2.28. The summed E-state index contributed by atoms with van der Waals surface area (Å²) in [5.41, 5.74) is 4.41. The fourth-order valence-corrected chi connectivity index (χ4v) is 5.48. The number of fused-ring (bicyclic) bond motifs is 1. The highest BCUT2D eigenvalue weighted by atomic mass is 32.2. The number of halogens is 1. The van der Waals surface area contributed by atoms with Crippen molar-refractivity contribution < 1.29 is 17.5 Å². The van der Waals surface area contributed by atoms with Crippen LogP contribution in [0.3, 0.4) is 0 Å². The second-order valence-corrected chi connectivity index (χ2v) is 9.59. The van der Waals surface area contributed by atoms with Crippen molar-refractivity contribution in [2.75, 3.05) is 6.54 Å². The Morgan fingerprint density at radius 1 is 1.10 bits per heavy atom. The van der Waals surface area contributed by atoms with Crippen molar-refractivity contribution in [3.63, 3.8) is 0 Å². The number of sulfonamides is 1. The Bertz CT molecular complexity index is 1170. The number of ether oxygens (including phenoxy) is 1. The summed E-state index contributed by atoms with van der Waals surface area (Å²) in [7, 11) is -1.76. The van der Waals surface area contributed by atoms with Crippen LogP contribution in [-0.4, -0.2) is 29.0 Å². The average Bonchev–Trinajstić information content (AvgIpc) is 3.02. The number of hydrogen-bond acceptors (Lipinski definition) is 4. The van der Waals surface area contributed by atoms with Gasteiger partial charge in [0.25, 0.3) is 0 Å². The van der Waals surface area contributed by atoms with E-state index in [-0.39, 0.29) is 19.0 Å². The van der Waals surface area contributed by atoms with Crippen molar-refractivity contribution >= 4 is 10.0 Å². The summed E-state index contributed by atoms with van der Waals surface area (Å²) in [5.74, 6) is 0.205. The zero-order valence-corrected chi connectivity index (χ0v) is 18.0. The van der Waals surface area contributed by atoms with Gasteiger partial charge in [0, 0.05) is 37.8 Å². The minimum Gasteiger partial charge on any atom is -0.487 e. The van der Waals surface area contributed by atoms with Crippen LogP contribution in [-0.2, 0) is 36.6 Å². The molecule has 0 N–H and O–H groups in total. The van der Waals surface area contributed by atoms with Gasteiger partial charge in [-0.05, 0) is 61.4 Å². The van der Waals surface area contributed by atoms with Gasteiger partial charge in [0.1, 0.15) is 23.9 Å². The van der Waals surface area contributed by atoms with Crippen LogP contribution in [0.15, 0.2) is 47.4 Å². The fourth-order valence-electron chi connectivity index (χ4n) is 3.88. The molecule has 1 aliphatic heterocycles. The molecule has 30 heavy (non-hydrogen) atoms. The van der Waals surface area contributed by atoms with E-state index < -0.39 is 10.0 Å². The molecule has 6 nitrogen and oxygen atoms in total. The summed E-state index contributed by atoms with van der Waals surface area (Å²) in [6.45, 7) is 4.63. The van der Waals surface area contributed by atoms with Gasteiger partial charge in [-0.2, -0.15) is 9.40 Å². The quantitative estimate of drug-likeness (QED) is 0.623. The van der Waals surface area contributed by atoms with Crippen molar-refractivity contribution in [2.45, 2.75) is 38.3 Å². The lowest BCUT2D eigenvalue weighted by Gasteiger charge is -2.27. The summed E-state index contributed by atoms with van der Waals surface area (Å²) in [6.07, 6.45) is 0.583. The van der Waals surface area contributed by atoms with Crippen LogP contribution in [0.5, 0.6) is 5.75 Å². The van der Waals surface area contributed by atoms with E-state index >= 15 is 0 Å². The smallest absolute Gasteiger partial charge is 0.243 e. The lowest BCUT2D eigenvalue weighted by molar-refractivity contribution is 0.296. The Morgan fingerprint density at radius 3 is 2.43 bits per heavy atom. The highest BCUT2D eigenvalue weighted by Gasteiger charge is 2.32. The van der Waals surface area contributed by atoms with Crippen molar-refractivity contribution in [3.05, 3.63) is 76.4 Å². The third-order valence-electron chi connectivity index (χ3n) is 5.31. The summed E-state index contributed by atoms with van der Waals surface area (Å²) in [6, 6.07) is 11.2. The van der Waals surface area contributed by atoms with Gasteiger partial charge in [-0.15, -0.1) is 0 Å². The topological polar surface area (TPSA) is 64.4 Å². The predicted octanol–water partition coefficient (Wildman–Crippen LogP) is 3.50. The number of aromatic nitrogens is 2. The molecule has 8 heteroatoms. The molecule has 0 fully saturated rings. The van der Waals surface area contributed by atoms with Crippen LogP contribution in [0.1, 0.15) is 28.1 Å². The van der Waals surface area contributed by atoms with E-state index in [9.17, 15) is 12.8 Å². The van der Waals surface area contributed by atoms with Crippen LogP contribution < -0.4 is 4.74 Å². The first-order chi connectivity index (χ1) is 14.2. The molecule has 0 saturated carbocycles. The van der Waals surface area contributed by atoms with Gasteiger partial charge in [-0.1, -0.05) is 6.07 Å². The van der Waals surface area contributed by atoms with E-state index in [4.69, 9.17) is 4.74 Å². The van der Waals surface area contributed by atoms with Gasteiger partial charge in [-0.3, -0.25) is 4.68 Å². The number of hydrogen-bond donors (Lipinski definition) is 0. The Labute approximate surface area is 176 Å². The van der Waals surface area contributed by atoms with E-state index in [1.807, 2.05) is 27.0 Å². The molecule has 4 rings (SSSR count). The molecule has 2 aromatic carbocycles. The molecule has 0 amide bonds. The molecule has 3 aromatic rings. The SMILES string of the molecule is Cc1cc(C)cc(S(=O)(=O)N2CCc3c(c(COc4ccc(F)cc4)nn3C)C2)c1. The number of benzene rings is 2. The van der Waals surface area contributed by atoms with Gasteiger partial charge in [-0.25, -0.2) is 12.8 Å². The first-order valence-electron chi connectivity index (χ1n) is 9.74. The summed E-state index contributed by atoms with van der Waals surface area (Å²) < 4.78 is 48.7. The molecule has 0 bridgehead atoms. The van der Waals surface area contributed by atoms with Gasteiger partial charge in [0.15, 0.2) is 0 Å². The number of aryl methyl sites for hydroxylation is 3. The van der Waals surface area contributed by atoms with E-state index in [0.717, 1.165) is 22.4 Å². The molecular weight excluding hydrogens is 405 g/mol. The standard InChI is InChI=1S/C22H24FN3O3S/c1-15-10-16(2)12-19(11-15)30(27,28)26-9-8-22-20(13-26)21(24-25(22)3)14-29-18-6-4-17(23)5-7-18/h4-7,10-12H,8-9,13-14H2,1-3H3. The lowest BCUT2D eigenvalue weighted by atomic mass is 10.1. The van der Waals surface area contributed by atoms with Gasteiger partial charge in [0.05, 0.1) is 4.90 Å². The second-order valence-electron chi connectivity index (χ2n) is 7.65. The Balaban J connectivity index is 1.59. The highest BCUT2D eigenvalue weighted by molar-refractivity contribution is 7.89. The van der Waals surface area contributed by atoms with Crippen molar-refractivity contribution in [2.24, 2.45) is 7.05 Å². The maximum absolute atomic E-state index is 13.3. The maximum atomic E-state index is 13.3. The molecule has 1 aliphatic rings. The normalized spacial score (nSPS) is 14.5. The zero-order valence-electron chi connectivity index (χ0n) is 17.2. The predicted molar refractivity (Wildman–Crippen MR) is 111 cm³/mol. The zero-order chi connectivity index (χ0) is 21.5. The van der Waals surface area contributed by atoms with Gasteiger partial charge >= 0.3 is 0 Å². The second kappa shape index (κ2) is 7.85. The van der Waals surface area contributed by atoms with Crippen LogP contribution in [0.4, 0.5) is 4.39 Å². The van der Waals surface area contributed by atoms with Crippen LogP contribution >= 0.6 is 0 Å². The summed E-state index contributed by atoms with van der Waals surface area (Å²) in [4.78, 5) is 0.316. The van der Waals surface area contributed by atoms with Crippen LogP contribution in [0.25, 0.3) is 0 Å². The molecule has 158 valence electrons. The minimum atomic E-state index is -3.62. The third-order valence-corrected chi connectivity index (χ3v) is 7.14. The molecule has 2 heterocycles. The molecule has 1 aromatic heterocycles. The van der Waals surface area contributed by atoms with E-state index in [2.05, 4.69) is 5.10 Å². The first kappa shape index (κ1) is 20.6. The number of nitrogens with zero attached hydrogens (tertiary/aromatic N) is 3. The molecule has 0 radical (unpaired) electrons. The van der Waals surface area contributed by atoms with E-state index in [1.165, 1.54) is 16.4 Å². The third kappa shape index (κ3) is 3.97. The minimum absolute atomic E-state index is 0.187. The van der Waals surface area contributed by atoms with E-state index in [1.54, 1.807) is 28.9 Å². The maximum Gasteiger partial charge on any atom is 0.243 e. The van der Waals surface area contributed by atoms with Gasteiger partial charge in [0.2, 0.25) is 10.0 Å². The van der Waals surface area contributed by atoms with Gasteiger partial charge < -0.3 is 4.74 Å². The number of rotatable bonds is 5. The fraction of sp³-hybridized carbons (Fsp3) is 0.318. The van der Waals surface area contributed by atoms with Crippen LogP contribution in [0, 0.1) is 19.7 Å². The first-order valence-corrected chi connectivity index (χ1v) is 11.2. The summed E-state index contributed by atoms with van der Waals surface area (Å²) >= 11 is 0. The molecular formula is C22H24FN3O3S. The molecule has 0 atom stereocenters. The molecule has 0 spiro atoms. The Kier molecular flexibility index (Phi) is 5.38. The molecule has 0 aliphatic carbocycles. The monoisotopic (exact) mass is 429 g/mol. The summed E-state index contributed by atoms with van der Waals surface area (Å²) in [5, 5.41) is 4.54. The average molecular weight is 430 g/mol. The largest absolute Gasteiger partial charge is 0.487 e. The van der Waals surface area contributed by atoms with Crippen molar-refractivity contribution in [1.82, 2.24) is 14.1 Å².